The number of nitrogens with one attached hydrogen (secondary N) is 1. The van der Waals surface area contributed by atoms with Crippen molar-refractivity contribution in [3.63, 3.8) is 0 Å². The van der Waals surface area contributed by atoms with Crippen molar-refractivity contribution in [3.8, 4) is 5.75 Å². The molecule has 0 aliphatic heterocycles. The van der Waals surface area contributed by atoms with Gasteiger partial charge in [0.2, 0.25) is 0 Å². The molecule has 1 N–H and O–H groups in total. The summed E-state index contributed by atoms with van der Waals surface area (Å²) in [6, 6.07) is 16.3. The van der Waals surface area contributed by atoms with E-state index in [0.29, 0.717) is 0 Å². The number of benzene rings is 2. The first-order chi connectivity index (χ1) is 9.86. The lowest BCUT2D eigenvalue weighted by Gasteiger charge is -2.08. The van der Waals surface area contributed by atoms with Crippen molar-refractivity contribution in [2.75, 3.05) is 7.11 Å². The Kier molecular flexibility index (Phi) is 3.95. The summed E-state index contributed by atoms with van der Waals surface area (Å²) in [4.78, 5) is 4.61. The minimum atomic E-state index is 0.775. The van der Waals surface area contributed by atoms with Crippen LogP contribution in [0.1, 0.15) is 10.6 Å². The number of para-hydroxylation sites is 2. The molecule has 0 atom stereocenters. The third-order valence-corrected chi connectivity index (χ3v) is 4.16. The smallest absolute Gasteiger partial charge is 0.123 e. The van der Waals surface area contributed by atoms with Crippen molar-refractivity contribution >= 4 is 21.6 Å². The van der Waals surface area contributed by atoms with Gasteiger partial charge in [-0.05, 0) is 18.2 Å². The monoisotopic (exact) mass is 284 g/mol. The van der Waals surface area contributed by atoms with Crippen LogP contribution >= 0.6 is 11.3 Å². The molecule has 2 aromatic carbocycles. The Balaban J connectivity index is 1.65. The van der Waals surface area contributed by atoms with Gasteiger partial charge in [-0.3, -0.25) is 0 Å². The van der Waals surface area contributed by atoms with E-state index in [1.165, 1.54) is 4.70 Å². The van der Waals surface area contributed by atoms with Gasteiger partial charge in [-0.2, -0.15) is 0 Å². The SMILES string of the molecule is COc1ccccc1CNCc1nc2ccccc2s1. The number of nitrogens with zero attached hydrogens (tertiary/aromatic N) is 1. The highest BCUT2D eigenvalue weighted by Gasteiger charge is 2.04. The second-order valence-corrected chi connectivity index (χ2v) is 5.61. The van der Waals surface area contributed by atoms with Gasteiger partial charge >= 0.3 is 0 Å². The summed E-state index contributed by atoms with van der Waals surface area (Å²) < 4.78 is 6.58. The van der Waals surface area contributed by atoms with Gasteiger partial charge in [0.1, 0.15) is 10.8 Å². The molecule has 1 heterocycles. The van der Waals surface area contributed by atoms with Crippen molar-refractivity contribution in [3.05, 3.63) is 59.1 Å². The fourth-order valence-electron chi connectivity index (χ4n) is 2.15. The third kappa shape index (κ3) is 2.81. The largest absolute Gasteiger partial charge is 0.496 e. The van der Waals surface area contributed by atoms with Gasteiger partial charge in [-0.15, -0.1) is 11.3 Å². The summed E-state index contributed by atoms with van der Waals surface area (Å²) >= 11 is 1.74. The lowest BCUT2D eigenvalue weighted by molar-refractivity contribution is 0.407. The minimum Gasteiger partial charge on any atom is -0.496 e. The van der Waals surface area contributed by atoms with Gasteiger partial charge in [0.05, 0.1) is 17.3 Å². The van der Waals surface area contributed by atoms with Crippen LogP contribution in [0.2, 0.25) is 0 Å². The highest BCUT2D eigenvalue weighted by atomic mass is 32.1. The maximum atomic E-state index is 5.34. The second-order valence-electron chi connectivity index (χ2n) is 4.49. The number of rotatable bonds is 5. The summed E-state index contributed by atoms with van der Waals surface area (Å²) in [5.74, 6) is 0.921. The maximum absolute atomic E-state index is 5.34. The fraction of sp³-hybridized carbons (Fsp3) is 0.188. The topological polar surface area (TPSA) is 34.1 Å². The van der Waals surface area contributed by atoms with Gasteiger partial charge in [0.25, 0.3) is 0 Å². The zero-order valence-electron chi connectivity index (χ0n) is 11.3. The number of ether oxygens (including phenoxy) is 1. The first kappa shape index (κ1) is 13.1. The number of aromatic nitrogens is 1. The van der Waals surface area contributed by atoms with E-state index in [4.69, 9.17) is 4.74 Å². The van der Waals surface area contributed by atoms with Gasteiger partial charge in [0, 0.05) is 18.7 Å². The Morgan fingerprint density at radius 2 is 1.85 bits per heavy atom. The van der Waals surface area contributed by atoms with Crippen molar-refractivity contribution in [2.24, 2.45) is 0 Å². The van der Waals surface area contributed by atoms with Crippen molar-refractivity contribution in [2.45, 2.75) is 13.1 Å². The predicted octanol–water partition coefficient (Wildman–Crippen LogP) is 3.59. The lowest BCUT2D eigenvalue weighted by atomic mass is 10.2. The molecule has 0 aliphatic carbocycles. The lowest BCUT2D eigenvalue weighted by Crippen LogP contribution is -2.13. The zero-order chi connectivity index (χ0) is 13.8. The summed E-state index contributed by atoms with van der Waals surface area (Å²) in [6.07, 6.45) is 0. The molecule has 0 unspecified atom stereocenters. The van der Waals surface area contributed by atoms with Crippen molar-refractivity contribution in [1.82, 2.24) is 10.3 Å². The quantitative estimate of drug-likeness (QED) is 0.777. The Hall–Kier alpha value is -1.91. The minimum absolute atomic E-state index is 0.775. The average Bonchev–Trinajstić information content (AvgIpc) is 2.90. The molecule has 0 bridgehead atoms. The van der Waals surface area contributed by atoms with Crippen LogP contribution in [0.4, 0.5) is 0 Å². The summed E-state index contributed by atoms with van der Waals surface area (Å²) in [7, 11) is 1.70. The van der Waals surface area contributed by atoms with Crippen LogP contribution in [0, 0.1) is 0 Å². The van der Waals surface area contributed by atoms with E-state index >= 15 is 0 Å². The first-order valence-electron chi connectivity index (χ1n) is 6.54. The van der Waals surface area contributed by atoms with Crippen LogP contribution in [-0.2, 0) is 13.1 Å². The molecule has 0 aliphatic rings. The van der Waals surface area contributed by atoms with Crippen LogP contribution in [0.5, 0.6) is 5.75 Å². The molecule has 4 heteroatoms. The maximum Gasteiger partial charge on any atom is 0.123 e. The molecule has 0 fully saturated rings. The Morgan fingerprint density at radius 3 is 2.70 bits per heavy atom. The highest BCUT2D eigenvalue weighted by molar-refractivity contribution is 7.18. The van der Waals surface area contributed by atoms with Gasteiger partial charge in [0.15, 0.2) is 0 Å². The molecular formula is C16H16N2OS. The molecule has 0 radical (unpaired) electrons. The first-order valence-corrected chi connectivity index (χ1v) is 7.35. The molecule has 0 saturated heterocycles. The Morgan fingerprint density at radius 1 is 1.05 bits per heavy atom. The molecule has 1 aromatic heterocycles. The van der Waals surface area contributed by atoms with Gasteiger partial charge in [-0.1, -0.05) is 30.3 Å². The molecule has 3 nitrogen and oxygen atoms in total. The number of fused-ring (bicyclic) bond motifs is 1. The number of methoxy groups -OCH3 is 1. The van der Waals surface area contributed by atoms with Crippen molar-refractivity contribution in [1.29, 1.82) is 0 Å². The van der Waals surface area contributed by atoms with E-state index in [-0.39, 0.29) is 0 Å². The molecule has 0 saturated carbocycles. The third-order valence-electron chi connectivity index (χ3n) is 3.12. The molecule has 0 spiro atoms. The molecule has 0 amide bonds. The van der Waals surface area contributed by atoms with E-state index in [2.05, 4.69) is 28.5 Å². The highest BCUT2D eigenvalue weighted by Crippen LogP contribution is 2.22. The summed E-state index contributed by atoms with van der Waals surface area (Å²) in [5.41, 5.74) is 2.24. The number of hydrogen-bond donors (Lipinski definition) is 1. The van der Waals surface area contributed by atoms with Crippen LogP contribution in [0.15, 0.2) is 48.5 Å². The van der Waals surface area contributed by atoms with E-state index in [9.17, 15) is 0 Å². The second kappa shape index (κ2) is 6.03. The standard InChI is InChI=1S/C16H16N2OS/c1-19-14-8-4-2-6-12(14)10-17-11-16-18-13-7-3-5-9-15(13)20-16/h2-9,17H,10-11H2,1H3. The van der Waals surface area contributed by atoms with E-state index in [1.54, 1.807) is 18.4 Å². The van der Waals surface area contributed by atoms with Crippen molar-refractivity contribution < 1.29 is 4.74 Å². The van der Waals surface area contributed by atoms with E-state index in [0.717, 1.165) is 34.9 Å². The Labute approximate surface area is 122 Å². The molecule has 102 valence electrons. The number of hydrogen-bond acceptors (Lipinski definition) is 4. The summed E-state index contributed by atoms with van der Waals surface area (Å²) in [6.45, 7) is 1.55. The zero-order valence-corrected chi connectivity index (χ0v) is 12.1. The molecule has 3 rings (SSSR count). The molecule has 20 heavy (non-hydrogen) atoms. The summed E-state index contributed by atoms with van der Waals surface area (Å²) in [5, 5.41) is 4.53. The van der Waals surface area contributed by atoms with Crippen LogP contribution < -0.4 is 10.1 Å². The van der Waals surface area contributed by atoms with Crippen LogP contribution in [0.3, 0.4) is 0 Å². The van der Waals surface area contributed by atoms with Crippen LogP contribution in [0.25, 0.3) is 10.2 Å². The molecule has 3 aromatic rings. The average molecular weight is 284 g/mol. The van der Waals surface area contributed by atoms with E-state index in [1.807, 2.05) is 30.3 Å². The Bertz CT molecular complexity index is 675. The van der Waals surface area contributed by atoms with Gasteiger partial charge < -0.3 is 10.1 Å². The van der Waals surface area contributed by atoms with Crippen LogP contribution in [-0.4, -0.2) is 12.1 Å². The molecular weight excluding hydrogens is 268 g/mol. The predicted molar refractivity (Wildman–Crippen MR) is 83.2 cm³/mol. The van der Waals surface area contributed by atoms with E-state index < -0.39 is 0 Å². The van der Waals surface area contributed by atoms with Gasteiger partial charge in [-0.25, -0.2) is 4.98 Å². The number of thiazole rings is 1. The normalized spacial score (nSPS) is 10.8. The fourth-order valence-corrected chi connectivity index (χ4v) is 3.09.